The molecule has 3 atom stereocenters. The minimum absolute atomic E-state index is 0.0193. The molecule has 0 radical (unpaired) electrons. The fourth-order valence-electron chi connectivity index (χ4n) is 2.76. The van der Waals surface area contributed by atoms with Gasteiger partial charge in [-0.3, -0.25) is 4.90 Å². The van der Waals surface area contributed by atoms with Crippen LogP contribution in [0.2, 0.25) is 0 Å². The van der Waals surface area contributed by atoms with E-state index in [1.165, 1.54) is 5.56 Å². The number of hydrogen-bond donors (Lipinski definition) is 1. The number of nitrogens with zero attached hydrogens (tertiary/aromatic N) is 1. The maximum absolute atomic E-state index is 10.0. The average molecular weight is 269 g/mol. The molecule has 3 nitrogen and oxygen atoms in total. The fraction of sp³-hybridized carbons (Fsp3) is 0.294. The van der Waals surface area contributed by atoms with E-state index in [0.717, 1.165) is 5.56 Å². The number of likely N-dealkylation sites (N-methyl/N-ethyl adjacent to an activating group) is 1. The summed E-state index contributed by atoms with van der Waals surface area (Å²) < 4.78 is 6.20. The van der Waals surface area contributed by atoms with Gasteiger partial charge in [0.05, 0.1) is 0 Å². The van der Waals surface area contributed by atoms with Crippen LogP contribution in [-0.4, -0.2) is 23.1 Å². The van der Waals surface area contributed by atoms with E-state index in [1.807, 2.05) is 43.4 Å². The Morgan fingerprint density at radius 3 is 2.35 bits per heavy atom. The number of hydrogen-bond acceptors (Lipinski definition) is 3. The van der Waals surface area contributed by atoms with Gasteiger partial charge in [-0.15, -0.1) is 0 Å². The summed E-state index contributed by atoms with van der Waals surface area (Å²) in [4.78, 5) is 2.16. The summed E-state index contributed by atoms with van der Waals surface area (Å²) in [5.41, 5.74) is 1.99. The van der Waals surface area contributed by atoms with E-state index in [-0.39, 0.29) is 24.1 Å². The maximum atomic E-state index is 10.0. The van der Waals surface area contributed by atoms with Crippen LogP contribution >= 0.6 is 0 Å². The molecule has 0 aliphatic carbocycles. The second-order valence-electron chi connectivity index (χ2n) is 5.28. The summed E-state index contributed by atoms with van der Waals surface area (Å²) in [6, 6.07) is 17.8. The lowest BCUT2D eigenvalue weighted by Gasteiger charge is -2.21. The number of ether oxygens (including phenoxy) is 1. The highest BCUT2D eigenvalue weighted by atomic mass is 16.5. The highest BCUT2D eigenvalue weighted by Crippen LogP contribution is 2.43. The molecule has 2 aromatic rings. The summed E-state index contributed by atoms with van der Waals surface area (Å²) in [5.74, 6) is 0.283. The van der Waals surface area contributed by atoms with Gasteiger partial charge >= 0.3 is 0 Å². The molecular weight excluding hydrogens is 250 g/mol. The van der Waals surface area contributed by atoms with Gasteiger partial charge in [0.1, 0.15) is 18.1 Å². The SMILES string of the molecule is C[C@H]1C(c2ccccc2)O[C@@H](c2ccccc2O)N1C. The fourth-order valence-corrected chi connectivity index (χ4v) is 2.76. The van der Waals surface area contributed by atoms with Crippen LogP contribution < -0.4 is 0 Å². The molecule has 3 heteroatoms. The Bertz CT molecular complexity index is 585. The van der Waals surface area contributed by atoms with Crippen LogP contribution in [0.4, 0.5) is 0 Å². The normalized spacial score (nSPS) is 26.8. The van der Waals surface area contributed by atoms with Crippen molar-refractivity contribution in [2.45, 2.75) is 25.3 Å². The maximum Gasteiger partial charge on any atom is 0.141 e. The molecule has 0 spiro atoms. The molecule has 1 fully saturated rings. The lowest BCUT2D eigenvalue weighted by Crippen LogP contribution is -2.27. The molecule has 0 bridgehead atoms. The van der Waals surface area contributed by atoms with E-state index in [0.29, 0.717) is 0 Å². The lowest BCUT2D eigenvalue weighted by molar-refractivity contribution is 0.00418. The van der Waals surface area contributed by atoms with E-state index in [9.17, 15) is 5.11 Å². The molecule has 3 rings (SSSR count). The van der Waals surface area contributed by atoms with Crippen LogP contribution in [-0.2, 0) is 4.74 Å². The Labute approximate surface area is 119 Å². The van der Waals surface area contributed by atoms with Crippen molar-refractivity contribution in [2.24, 2.45) is 0 Å². The summed E-state index contributed by atoms with van der Waals surface area (Å²) in [6.07, 6.45) is -0.192. The zero-order valence-corrected chi connectivity index (χ0v) is 11.7. The molecular formula is C17H19NO2. The zero-order valence-electron chi connectivity index (χ0n) is 11.7. The molecule has 1 saturated heterocycles. The Kier molecular flexibility index (Phi) is 3.47. The van der Waals surface area contributed by atoms with Gasteiger partial charge in [0, 0.05) is 11.6 Å². The van der Waals surface area contributed by atoms with Gasteiger partial charge < -0.3 is 9.84 Å². The standard InChI is InChI=1S/C17H19NO2/c1-12-16(13-8-4-3-5-9-13)20-17(18(12)2)14-10-6-7-11-15(14)19/h3-12,16-17,19H,1-2H3/t12-,16?,17-/m0/s1. The van der Waals surface area contributed by atoms with E-state index in [2.05, 4.69) is 24.0 Å². The van der Waals surface area contributed by atoms with Gasteiger partial charge in [-0.25, -0.2) is 0 Å². The molecule has 2 aromatic carbocycles. The van der Waals surface area contributed by atoms with Gasteiger partial charge in [-0.05, 0) is 25.6 Å². The van der Waals surface area contributed by atoms with Gasteiger partial charge in [0.25, 0.3) is 0 Å². The first-order valence-electron chi connectivity index (χ1n) is 6.88. The number of phenols is 1. The number of aromatic hydroxyl groups is 1. The molecule has 1 heterocycles. The van der Waals surface area contributed by atoms with Crippen molar-refractivity contribution in [3.05, 3.63) is 65.7 Å². The van der Waals surface area contributed by atoms with Gasteiger partial charge in [0.2, 0.25) is 0 Å². The topological polar surface area (TPSA) is 32.7 Å². The molecule has 20 heavy (non-hydrogen) atoms. The van der Waals surface area contributed by atoms with Crippen LogP contribution in [0.3, 0.4) is 0 Å². The molecule has 1 aliphatic heterocycles. The first-order chi connectivity index (χ1) is 9.68. The van der Waals surface area contributed by atoms with Crippen LogP contribution in [0.15, 0.2) is 54.6 Å². The van der Waals surface area contributed by atoms with Crippen molar-refractivity contribution in [3.63, 3.8) is 0 Å². The Hall–Kier alpha value is -1.84. The first kappa shape index (κ1) is 13.2. The lowest BCUT2D eigenvalue weighted by atomic mass is 10.0. The summed E-state index contributed by atoms with van der Waals surface area (Å²) >= 11 is 0. The molecule has 0 saturated carbocycles. The largest absolute Gasteiger partial charge is 0.508 e. The monoisotopic (exact) mass is 269 g/mol. The third kappa shape index (κ3) is 2.19. The third-order valence-corrected chi connectivity index (χ3v) is 4.06. The van der Waals surface area contributed by atoms with E-state index < -0.39 is 0 Å². The summed E-state index contributed by atoms with van der Waals surface area (Å²) in [7, 11) is 2.03. The van der Waals surface area contributed by atoms with E-state index >= 15 is 0 Å². The predicted molar refractivity (Wildman–Crippen MR) is 78.3 cm³/mol. The highest BCUT2D eigenvalue weighted by molar-refractivity contribution is 5.34. The zero-order chi connectivity index (χ0) is 14.1. The summed E-state index contributed by atoms with van der Waals surface area (Å²) in [5, 5.41) is 10.0. The van der Waals surface area contributed by atoms with Crippen molar-refractivity contribution >= 4 is 0 Å². The minimum Gasteiger partial charge on any atom is -0.508 e. The van der Waals surface area contributed by atoms with Crippen LogP contribution in [0, 0.1) is 0 Å². The number of para-hydroxylation sites is 1. The quantitative estimate of drug-likeness (QED) is 0.906. The average Bonchev–Trinajstić information content (AvgIpc) is 2.77. The molecule has 0 amide bonds. The van der Waals surface area contributed by atoms with Gasteiger partial charge in [-0.1, -0.05) is 48.5 Å². The third-order valence-electron chi connectivity index (χ3n) is 4.06. The minimum atomic E-state index is -0.212. The van der Waals surface area contributed by atoms with Gasteiger partial charge in [0.15, 0.2) is 0 Å². The molecule has 104 valence electrons. The smallest absolute Gasteiger partial charge is 0.141 e. The molecule has 1 N–H and O–H groups in total. The van der Waals surface area contributed by atoms with Crippen molar-refractivity contribution in [3.8, 4) is 5.75 Å². The van der Waals surface area contributed by atoms with Crippen molar-refractivity contribution in [2.75, 3.05) is 7.05 Å². The number of phenolic OH excluding ortho intramolecular Hbond substituents is 1. The Morgan fingerprint density at radius 2 is 1.65 bits per heavy atom. The molecule has 1 unspecified atom stereocenters. The molecule has 0 aromatic heterocycles. The second kappa shape index (κ2) is 5.27. The molecule has 1 aliphatic rings. The van der Waals surface area contributed by atoms with Crippen LogP contribution in [0.25, 0.3) is 0 Å². The van der Waals surface area contributed by atoms with Gasteiger partial charge in [-0.2, -0.15) is 0 Å². The number of benzene rings is 2. The van der Waals surface area contributed by atoms with E-state index in [1.54, 1.807) is 6.07 Å². The predicted octanol–water partition coefficient (Wildman–Crippen LogP) is 3.48. The number of rotatable bonds is 2. The van der Waals surface area contributed by atoms with Crippen LogP contribution in [0.5, 0.6) is 5.75 Å². The highest BCUT2D eigenvalue weighted by Gasteiger charge is 2.39. The first-order valence-corrected chi connectivity index (χ1v) is 6.88. The van der Waals surface area contributed by atoms with Crippen LogP contribution in [0.1, 0.15) is 30.4 Å². The van der Waals surface area contributed by atoms with Crippen molar-refractivity contribution in [1.29, 1.82) is 0 Å². The van der Waals surface area contributed by atoms with Crippen molar-refractivity contribution < 1.29 is 9.84 Å². The Morgan fingerprint density at radius 1 is 1.00 bits per heavy atom. The summed E-state index contributed by atoms with van der Waals surface area (Å²) in [6.45, 7) is 2.15. The van der Waals surface area contributed by atoms with Crippen molar-refractivity contribution in [1.82, 2.24) is 4.90 Å². The van der Waals surface area contributed by atoms with E-state index in [4.69, 9.17) is 4.74 Å². The Balaban J connectivity index is 1.91. The second-order valence-corrected chi connectivity index (χ2v) is 5.28.